The molecule has 6 heteroatoms. The Labute approximate surface area is 157 Å². The number of hydrogen-bond acceptors (Lipinski definition) is 4. The zero-order chi connectivity index (χ0) is 18.5. The van der Waals surface area contributed by atoms with Gasteiger partial charge in [-0.2, -0.15) is 5.26 Å². The van der Waals surface area contributed by atoms with Crippen molar-refractivity contribution >= 4 is 17.7 Å². The minimum absolute atomic E-state index is 0.00225. The molecular formula is C20H19ClN2O3. The number of nitrogens with zero attached hydrogens (tertiary/aromatic N) is 2. The molecule has 1 saturated heterocycles. The molecule has 0 unspecified atom stereocenters. The molecule has 1 aliphatic heterocycles. The topological polar surface area (TPSA) is 62.6 Å². The molecule has 0 radical (unpaired) electrons. The van der Waals surface area contributed by atoms with Crippen LogP contribution in [0.15, 0.2) is 42.5 Å². The molecule has 2 aromatic rings. The number of amides is 1. The second-order valence-corrected chi connectivity index (χ2v) is 6.65. The van der Waals surface area contributed by atoms with Gasteiger partial charge in [-0.15, -0.1) is 0 Å². The maximum absolute atomic E-state index is 12.2. The molecule has 2 aromatic carbocycles. The van der Waals surface area contributed by atoms with Crippen LogP contribution >= 0.6 is 11.6 Å². The minimum Gasteiger partial charge on any atom is -0.490 e. The van der Waals surface area contributed by atoms with Crippen LogP contribution in [0.3, 0.4) is 0 Å². The van der Waals surface area contributed by atoms with Crippen LogP contribution < -0.4 is 9.47 Å². The van der Waals surface area contributed by atoms with E-state index in [0.717, 1.165) is 5.56 Å². The van der Waals surface area contributed by atoms with Gasteiger partial charge in [-0.25, -0.2) is 4.79 Å². The highest BCUT2D eigenvalue weighted by atomic mass is 35.5. The highest BCUT2D eigenvalue weighted by molar-refractivity contribution is 6.31. The summed E-state index contributed by atoms with van der Waals surface area (Å²) in [6.07, 6.45) is 1.08. The zero-order valence-corrected chi connectivity index (χ0v) is 15.2. The molecule has 0 spiro atoms. The van der Waals surface area contributed by atoms with Gasteiger partial charge in [0.25, 0.3) is 0 Å². The number of benzene rings is 2. The third-order valence-electron chi connectivity index (χ3n) is 4.29. The van der Waals surface area contributed by atoms with Gasteiger partial charge >= 0.3 is 6.09 Å². The van der Waals surface area contributed by atoms with Crippen LogP contribution in [0.5, 0.6) is 11.5 Å². The molecule has 0 N–H and O–H groups in total. The number of ether oxygens (including phenoxy) is 2. The fourth-order valence-electron chi connectivity index (χ4n) is 2.78. The summed E-state index contributed by atoms with van der Waals surface area (Å²) < 4.78 is 11.3. The smallest absolute Gasteiger partial charge is 0.415 e. The third-order valence-corrected chi connectivity index (χ3v) is 4.60. The Morgan fingerprint density at radius 3 is 2.42 bits per heavy atom. The zero-order valence-electron chi connectivity index (χ0n) is 14.4. The van der Waals surface area contributed by atoms with Crippen LogP contribution in [0, 0.1) is 18.3 Å². The van der Waals surface area contributed by atoms with Crippen molar-refractivity contribution in [2.75, 3.05) is 13.1 Å². The maximum atomic E-state index is 12.2. The normalized spacial score (nSPS) is 14.6. The second-order valence-electron chi connectivity index (χ2n) is 6.24. The Balaban J connectivity index is 1.50. The van der Waals surface area contributed by atoms with Gasteiger partial charge in [0, 0.05) is 32.0 Å². The molecule has 1 fully saturated rings. The standard InChI is InChI=1S/C20H19ClN2O3/c1-14-2-5-16(6-3-14)26-20(24)23-10-8-17(9-11-23)25-18-7-4-15(13-22)19(21)12-18/h2-7,12,17H,8-11H2,1H3. The van der Waals surface area contributed by atoms with E-state index in [-0.39, 0.29) is 12.2 Å². The number of hydrogen-bond donors (Lipinski definition) is 0. The molecule has 0 aliphatic carbocycles. The molecular weight excluding hydrogens is 352 g/mol. The quantitative estimate of drug-likeness (QED) is 0.794. The summed E-state index contributed by atoms with van der Waals surface area (Å²) in [6, 6.07) is 14.5. The van der Waals surface area contributed by atoms with E-state index in [0.29, 0.717) is 48.0 Å². The predicted octanol–water partition coefficient (Wildman–Crippen LogP) is 4.56. The lowest BCUT2D eigenvalue weighted by Gasteiger charge is -2.31. The predicted molar refractivity (Wildman–Crippen MR) is 98.6 cm³/mol. The molecule has 0 aromatic heterocycles. The lowest BCUT2D eigenvalue weighted by atomic mass is 10.1. The Bertz CT molecular complexity index is 822. The van der Waals surface area contributed by atoms with E-state index < -0.39 is 0 Å². The van der Waals surface area contributed by atoms with Gasteiger partial charge < -0.3 is 14.4 Å². The van der Waals surface area contributed by atoms with Gasteiger partial charge in [-0.1, -0.05) is 29.3 Å². The van der Waals surface area contributed by atoms with Crippen molar-refractivity contribution < 1.29 is 14.3 Å². The van der Waals surface area contributed by atoms with E-state index in [1.165, 1.54) is 0 Å². The highest BCUT2D eigenvalue weighted by Crippen LogP contribution is 2.25. The van der Waals surface area contributed by atoms with Crippen molar-refractivity contribution in [3.63, 3.8) is 0 Å². The molecule has 3 rings (SSSR count). The summed E-state index contributed by atoms with van der Waals surface area (Å²) in [7, 11) is 0. The van der Waals surface area contributed by atoms with Crippen molar-refractivity contribution in [3.8, 4) is 17.6 Å². The van der Waals surface area contributed by atoms with Crippen molar-refractivity contribution in [2.24, 2.45) is 0 Å². The van der Waals surface area contributed by atoms with E-state index in [9.17, 15) is 4.79 Å². The molecule has 0 bridgehead atoms. The maximum Gasteiger partial charge on any atom is 0.415 e. The summed E-state index contributed by atoms with van der Waals surface area (Å²) in [4.78, 5) is 13.9. The number of nitriles is 1. The summed E-state index contributed by atoms with van der Waals surface area (Å²) in [5.74, 6) is 1.18. The number of carbonyl (C=O) groups is 1. The van der Waals surface area contributed by atoms with Gasteiger partial charge in [-0.05, 0) is 31.2 Å². The third kappa shape index (κ3) is 4.47. The van der Waals surface area contributed by atoms with Crippen LogP contribution in [0.25, 0.3) is 0 Å². The number of carbonyl (C=O) groups excluding carboxylic acids is 1. The fourth-order valence-corrected chi connectivity index (χ4v) is 2.99. The second kappa shape index (κ2) is 8.11. The van der Waals surface area contributed by atoms with Crippen LogP contribution in [0.1, 0.15) is 24.0 Å². The highest BCUT2D eigenvalue weighted by Gasteiger charge is 2.25. The van der Waals surface area contributed by atoms with Crippen LogP contribution in [-0.2, 0) is 0 Å². The van der Waals surface area contributed by atoms with E-state index in [4.69, 9.17) is 26.3 Å². The van der Waals surface area contributed by atoms with Gasteiger partial charge in [-0.3, -0.25) is 0 Å². The molecule has 1 heterocycles. The van der Waals surface area contributed by atoms with Crippen molar-refractivity contribution in [1.82, 2.24) is 4.90 Å². The van der Waals surface area contributed by atoms with Crippen LogP contribution in [-0.4, -0.2) is 30.2 Å². The first-order valence-corrected chi connectivity index (χ1v) is 8.82. The van der Waals surface area contributed by atoms with Crippen LogP contribution in [0.4, 0.5) is 4.79 Å². The number of piperidine rings is 1. The molecule has 1 aliphatic rings. The molecule has 1 amide bonds. The van der Waals surface area contributed by atoms with E-state index in [1.54, 1.807) is 35.2 Å². The fraction of sp³-hybridized carbons (Fsp3) is 0.300. The average Bonchev–Trinajstić information content (AvgIpc) is 2.64. The van der Waals surface area contributed by atoms with Crippen molar-refractivity contribution in [2.45, 2.75) is 25.9 Å². The lowest BCUT2D eigenvalue weighted by Crippen LogP contribution is -2.43. The van der Waals surface area contributed by atoms with E-state index in [2.05, 4.69) is 0 Å². The number of halogens is 1. The van der Waals surface area contributed by atoms with Crippen molar-refractivity contribution in [3.05, 3.63) is 58.6 Å². The van der Waals surface area contributed by atoms with E-state index in [1.807, 2.05) is 25.1 Å². The number of likely N-dealkylation sites (tertiary alicyclic amines) is 1. The SMILES string of the molecule is Cc1ccc(OC(=O)N2CCC(Oc3ccc(C#N)c(Cl)c3)CC2)cc1. The summed E-state index contributed by atoms with van der Waals surface area (Å²) in [5.41, 5.74) is 1.54. The lowest BCUT2D eigenvalue weighted by molar-refractivity contribution is 0.0930. The Morgan fingerprint density at radius 1 is 1.15 bits per heavy atom. The Morgan fingerprint density at radius 2 is 1.81 bits per heavy atom. The molecule has 0 atom stereocenters. The number of aryl methyl sites for hydroxylation is 1. The van der Waals surface area contributed by atoms with Crippen molar-refractivity contribution in [1.29, 1.82) is 5.26 Å². The average molecular weight is 371 g/mol. The molecule has 5 nitrogen and oxygen atoms in total. The first kappa shape index (κ1) is 18.1. The largest absolute Gasteiger partial charge is 0.490 e. The van der Waals surface area contributed by atoms with E-state index >= 15 is 0 Å². The molecule has 0 saturated carbocycles. The first-order valence-electron chi connectivity index (χ1n) is 8.45. The minimum atomic E-state index is -0.339. The van der Waals surface area contributed by atoms with Gasteiger partial charge in [0.2, 0.25) is 0 Å². The monoisotopic (exact) mass is 370 g/mol. The summed E-state index contributed by atoms with van der Waals surface area (Å²) in [5, 5.41) is 9.29. The van der Waals surface area contributed by atoms with Gasteiger partial charge in [0.05, 0.1) is 10.6 Å². The molecule has 134 valence electrons. The first-order chi connectivity index (χ1) is 12.5. The Hall–Kier alpha value is -2.71. The number of rotatable bonds is 3. The molecule has 26 heavy (non-hydrogen) atoms. The van der Waals surface area contributed by atoms with Gasteiger partial charge in [0.15, 0.2) is 0 Å². The summed E-state index contributed by atoms with van der Waals surface area (Å²) >= 11 is 6.03. The Kier molecular flexibility index (Phi) is 5.65. The summed E-state index contributed by atoms with van der Waals surface area (Å²) in [6.45, 7) is 3.12. The van der Waals surface area contributed by atoms with Gasteiger partial charge in [0.1, 0.15) is 23.7 Å². The van der Waals surface area contributed by atoms with Crippen LogP contribution in [0.2, 0.25) is 5.02 Å².